The van der Waals surface area contributed by atoms with E-state index in [1.807, 2.05) is 30.3 Å². The highest BCUT2D eigenvalue weighted by Crippen LogP contribution is 2.55. The van der Waals surface area contributed by atoms with Crippen LogP contribution in [0.15, 0.2) is 71.6 Å². The van der Waals surface area contributed by atoms with Crippen LogP contribution in [0.5, 0.6) is 28.7 Å². The number of aliphatic hydroxyl groups excluding tert-OH is 2. The number of amides is 1. The number of fused-ring (bicyclic) bond motifs is 14. The van der Waals surface area contributed by atoms with Gasteiger partial charge in [0.05, 0.1) is 59.6 Å². The number of hydrogen-bond donors (Lipinski definition) is 6. The van der Waals surface area contributed by atoms with E-state index in [2.05, 4.69) is 10.5 Å². The molecule has 0 spiro atoms. The summed E-state index contributed by atoms with van der Waals surface area (Å²) in [5.41, 5.74) is -0.669. The summed E-state index contributed by atoms with van der Waals surface area (Å²) in [5, 5.41) is 64.4. The van der Waals surface area contributed by atoms with Crippen molar-refractivity contribution in [1.82, 2.24) is 0 Å². The second kappa shape index (κ2) is 21.1. The van der Waals surface area contributed by atoms with Crippen molar-refractivity contribution in [2.24, 2.45) is 28.8 Å². The molecule has 3 aromatic rings. The lowest BCUT2D eigenvalue weighted by molar-refractivity contribution is -0.160. The van der Waals surface area contributed by atoms with Crippen LogP contribution < -0.4 is 14.8 Å². The molecule has 0 aromatic heterocycles. The number of oxime groups is 1. The maximum absolute atomic E-state index is 14.4. The molecule has 0 aliphatic carbocycles. The van der Waals surface area contributed by atoms with Crippen molar-refractivity contribution in [3.8, 4) is 28.7 Å². The largest absolute Gasteiger partial charge is 0.507 e. The third-order valence-electron chi connectivity index (χ3n) is 11.9. The number of carbonyl (C=O) groups is 3. The second-order valence-electron chi connectivity index (χ2n) is 16.6. The number of benzene rings is 3. The molecule has 3 aliphatic heterocycles. The second-order valence-corrected chi connectivity index (χ2v) is 16.6. The highest BCUT2D eigenvalue weighted by Gasteiger charge is 2.50. The maximum atomic E-state index is 14.4. The van der Waals surface area contributed by atoms with E-state index >= 15 is 0 Å². The number of hydrogen-bond acceptors (Lipinski definition) is 15. The summed E-state index contributed by atoms with van der Waals surface area (Å²) >= 11 is 0. The zero-order valence-electron chi connectivity index (χ0n) is 37.7. The molecule has 0 radical (unpaired) electrons. The highest BCUT2D eigenvalue weighted by atomic mass is 16.7. The molecule has 16 heteroatoms. The molecule has 346 valence electrons. The van der Waals surface area contributed by atoms with Gasteiger partial charge in [0.25, 0.3) is 11.7 Å². The van der Waals surface area contributed by atoms with Crippen LogP contribution in [-0.4, -0.2) is 99.9 Å². The molecule has 5 bridgehead atoms. The third-order valence-corrected chi connectivity index (χ3v) is 11.9. The number of nitrogens with zero attached hydrogens (tertiary/aromatic N) is 1. The number of Topliss-reactive ketones (excluding diaryl/α,β-unsaturated/α-hetero) is 1. The number of carbonyl (C=O) groups excluding carboxylic acids is 3. The minimum absolute atomic E-state index is 0.0255. The average Bonchev–Trinajstić information content (AvgIpc) is 3.53. The number of aromatic hydroxyl groups is 3. The Morgan fingerprint density at radius 1 is 0.906 bits per heavy atom. The van der Waals surface area contributed by atoms with Crippen LogP contribution in [0.1, 0.15) is 82.8 Å². The van der Waals surface area contributed by atoms with E-state index < -0.39 is 88.8 Å². The first kappa shape index (κ1) is 48.9. The first-order chi connectivity index (χ1) is 30.3. The predicted octanol–water partition coefficient (Wildman–Crippen LogP) is 6.96. The van der Waals surface area contributed by atoms with Gasteiger partial charge in [0.15, 0.2) is 5.75 Å². The normalized spacial score (nSPS) is 28.5. The molecule has 9 atom stereocenters. The minimum atomic E-state index is -2.08. The smallest absolute Gasteiger partial charge is 0.312 e. The maximum Gasteiger partial charge on any atom is 0.312 e. The number of methoxy groups -OCH3 is 1. The Bertz CT molecular complexity index is 2310. The molecule has 3 aromatic carbocycles. The molecule has 0 saturated heterocycles. The first-order valence-electron chi connectivity index (χ1n) is 21.3. The monoisotopic (exact) mass is 888 g/mol. The number of rotatable bonds is 10. The van der Waals surface area contributed by atoms with Crippen molar-refractivity contribution < 1.29 is 68.4 Å². The summed E-state index contributed by atoms with van der Waals surface area (Å²) in [6.45, 7) is 13.0. The average molecular weight is 889 g/mol. The summed E-state index contributed by atoms with van der Waals surface area (Å²) in [7, 11) is 1.43. The number of phenols is 3. The fourth-order valence-electron chi connectivity index (χ4n) is 7.99. The van der Waals surface area contributed by atoms with E-state index in [-0.39, 0.29) is 51.1 Å². The lowest BCUT2D eigenvalue weighted by Crippen LogP contribution is -2.46. The molecule has 0 unspecified atom stereocenters. The number of allylic oxidation sites excluding steroid dienone is 2. The van der Waals surface area contributed by atoms with Gasteiger partial charge in [-0.25, -0.2) is 0 Å². The number of nitrogens with one attached hydrogen (secondary N) is 1. The standard InChI is InChI=1S/C48H60N2O14/c1-25-16-15-17-26(2)47(58)50-38-33(24-49-62-22-14-13-21-60-32-18-11-10-12-19-32)42(55)35-36(43(38)56)41(54)30(6)45-37(35)46(57)48(8,64-45)61-23-20-34(59-9)27(3)44(63-31(7)51)29(5)40(53)28(4)39(25)52/h10-12,15-20,23-25,27-29,34,39-40,44,52-56H,13-14,21-22H2,1-9H3,(H,50,58)/b16-15+,23-20+,26-17+,49-24+/t25-,27+,28+,29+,34-,39-,40+,44+,48-/m0/s1. The van der Waals surface area contributed by atoms with Crippen LogP contribution in [0.2, 0.25) is 0 Å². The quantitative estimate of drug-likeness (QED) is 0.0302. The highest BCUT2D eigenvalue weighted by molar-refractivity contribution is 6.23. The van der Waals surface area contributed by atoms with Crippen molar-refractivity contribution in [3.63, 3.8) is 0 Å². The van der Waals surface area contributed by atoms with Crippen molar-refractivity contribution in [3.05, 3.63) is 83.2 Å². The molecule has 3 heterocycles. The van der Waals surface area contributed by atoms with Crippen LogP contribution in [0.4, 0.5) is 5.69 Å². The molecule has 6 rings (SSSR count). The van der Waals surface area contributed by atoms with Gasteiger partial charge in [0.1, 0.15) is 35.7 Å². The number of para-hydroxylation sites is 1. The lowest BCUT2D eigenvalue weighted by atomic mass is 9.78. The van der Waals surface area contributed by atoms with Gasteiger partial charge < -0.3 is 59.4 Å². The SMILES string of the molecule is CO[C@H]1/C=C/O[C@@]2(C)Oc3c(C)c(O)c4c(O)c(c(/C=N/OCCCCOc5ccccc5)c(O)c4c3C2=O)NC(=O)/C(C)=C/C=C/[C@H](C)[C@H](O)[C@@H](C)[C@@H](O)[C@@H](C)[C@H](OC(C)=O)[C@@H]1C. The topological polar surface area (TPSA) is 232 Å². The van der Waals surface area contributed by atoms with Gasteiger partial charge in [-0.05, 0) is 44.9 Å². The minimum Gasteiger partial charge on any atom is -0.507 e. The molecular formula is C48H60N2O14. The summed E-state index contributed by atoms with van der Waals surface area (Å²) < 4.78 is 29.3. The summed E-state index contributed by atoms with van der Waals surface area (Å²) in [5.74, 6) is -8.02. The number of ketones is 1. The lowest BCUT2D eigenvalue weighted by Gasteiger charge is -2.38. The van der Waals surface area contributed by atoms with E-state index in [1.54, 1.807) is 39.8 Å². The van der Waals surface area contributed by atoms with Crippen molar-refractivity contribution in [2.75, 3.05) is 25.6 Å². The van der Waals surface area contributed by atoms with E-state index in [9.17, 15) is 39.9 Å². The van der Waals surface area contributed by atoms with Crippen LogP contribution in [0, 0.1) is 30.6 Å². The van der Waals surface area contributed by atoms with Crippen LogP contribution in [-0.2, 0) is 28.6 Å². The zero-order valence-corrected chi connectivity index (χ0v) is 37.7. The number of phenolic OH excluding ortho intramolecular Hbond substituents is 3. The zero-order chi connectivity index (χ0) is 47.0. The summed E-state index contributed by atoms with van der Waals surface area (Å²) in [6.07, 6.45) is 5.66. The van der Waals surface area contributed by atoms with Crippen LogP contribution >= 0.6 is 0 Å². The molecule has 0 fully saturated rings. The van der Waals surface area contributed by atoms with Crippen LogP contribution in [0.3, 0.4) is 0 Å². The Kier molecular flexibility index (Phi) is 16.1. The van der Waals surface area contributed by atoms with E-state index in [0.717, 1.165) is 12.0 Å². The van der Waals surface area contributed by atoms with Crippen molar-refractivity contribution in [2.45, 2.75) is 98.4 Å². The Balaban J connectivity index is 1.59. The number of unbranched alkanes of at least 4 members (excludes halogenated alkanes) is 1. The number of esters is 1. The fourth-order valence-corrected chi connectivity index (χ4v) is 7.99. The van der Waals surface area contributed by atoms with E-state index in [4.69, 9.17) is 28.5 Å². The Morgan fingerprint density at radius 3 is 2.27 bits per heavy atom. The van der Waals surface area contributed by atoms with E-state index in [1.165, 1.54) is 53.2 Å². The van der Waals surface area contributed by atoms with Gasteiger partial charge >= 0.3 is 11.8 Å². The number of anilines is 1. The first-order valence-corrected chi connectivity index (χ1v) is 21.3. The molecule has 6 N–H and O–H groups in total. The number of aliphatic hydroxyl groups is 2. The van der Waals surface area contributed by atoms with Gasteiger partial charge in [-0.2, -0.15) is 0 Å². The third kappa shape index (κ3) is 10.5. The molecule has 0 saturated carbocycles. The Hall–Kier alpha value is -6.10. The molecule has 3 aliphatic rings. The van der Waals surface area contributed by atoms with Gasteiger partial charge in [-0.3, -0.25) is 14.4 Å². The van der Waals surface area contributed by atoms with Gasteiger partial charge in [0.2, 0.25) is 0 Å². The molecule has 1 amide bonds. The predicted molar refractivity (Wildman–Crippen MR) is 239 cm³/mol. The van der Waals surface area contributed by atoms with Gasteiger partial charge in [0, 0.05) is 61.2 Å². The fraction of sp³-hybridized carbons (Fsp3) is 0.458. The summed E-state index contributed by atoms with van der Waals surface area (Å²) in [4.78, 5) is 46.0. The number of ether oxygens (including phenoxy) is 5. The summed E-state index contributed by atoms with van der Waals surface area (Å²) in [6, 6.07) is 9.33. The van der Waals surface area contributed by atoms with Crippen molar-refractivity contribution in [1.29, 1.82) is 0 Å². The van der Waals surface area contributed by atoms with Crippen molar-refractivity contribution >= 4 is 40.3 Å². The van der Waals surface area contributed by atoms with Crippen LogP contribution in [0.25, 0.3) is 10.8 Å². The molecule has 16 nitrogen and oxygen atoms in total. The molecule has 64 heavy (non-hydrogen) atoms. The Morgan fingerprint density at radius 2 is 1.59 bits per heavy atom. The van der Waals surface area contributed by atoms with E-state index in [0.29, 0.717) is 19.4 Å². The van der Waals surface area contributed by atoms with Gasteiger partial charge in [-0.1, -0.05) is 69.3 Å². The molecular weight excluding hydrogens is 829 g/mol. The Labute approximate surface area is 372 Å². The van der Waals surface area contributed by atoms with Gasteiger partial charge in [-0.15, -0.1) is 0 Å².